The van der Waals surface area contributed by atoms with Crippen LogP contribution in [0.5, 0.6) is 11.5 Å². The molecule has 5 nitrogen and oxygen atoms in total. The Labute approximate surface area is 141 Å². The van der Waals surface area contributed by atoms with Crippen molar-refractivity contribution >= 4 is 0 Å². The summed E-state index contributed by atoms with van der Waals surface area (Å²) in [6, 6.07) is 4.47. The number of nitrogens with zero attached hydrogens (tertiary/aromatic N) is 1. The molecule has 6 rings (SSSR count). The molecule has 4 unspecified atom stereocenters. The fraction of sp³-hybridized carbons (Fsp3) is 0.684. The van der Waals surface area contributed by atoms with Gasteiger partial charge >= 0.3 is 0 Å². The average Bonchev–Trinajstić information content (AvgIpc) is 3.03. The van der Waals surface area contributed by atoms with E-state index in [1.54, 1.807) is 0 Å². The van der Waals surface area contributed by atoms with Crippen LogP contribution in [-0.2, 0) is 21.4 Å². The van der Waals surface area contributed by atoms with Gasteiger partial charge in [-0.25, -0.2) is 0 Å². The molecular formula is C19H23NO4. The quantitative estimate of drug-likeness (QED) is 0.739. The van der Waals surface area contributed by atoms with Gasteiger partial charge in [-0.15, -0.1) is 0 Å². The van der Waals surface area contributed by atoms with Gasteiger partial charge in [0.2, 0.25) is 6.79 Å². The van der Waals surface area contributed by atoms with Gasteiger partial charge in [0.1, 0.15) is 5.60 Å². The van der Waals surface area contributed by atoms with Crippen LogP contribution in [0.15, 0.2) is 12.1 Å². The number of hydrogen-bond acceptors (Lipinski definition) is 5. The summed E-state index contributed by atoms with van der Waals surface area (Å²) in [6.07, 6.45) is 6.09. The van der Waals surface area contributed by atoms with Gasteiger partial charge in [0.15, 0.2) is 11.5 Å². The van der Waals surface area contributed by atoms with Crippen LogP contribution in [0, 0.1) is 0 Å². The number of rotatable bonds is 1. The highest BCUT2D eigenvalue weighted by atomic mass is 16.7. The fourth-order valence-electron chi connectivity index (χ4n) is 5.99. The Morgan fingerprint density at radius 2 is 2.08 bits per heavy atom. The second-order valence-electron chi connectivity index (χ2n) is 7.86. The first-order valence-electron chi connectivity index (χ1n) is 9.15. The zero-order chi connectivity index (χ0) is 15.9. The monoisotopic (exact) mass is 329 g/mol. The predicted molar refractivity (Wildman–Crippen MR) is 86.4 cm³/mol. The van der Waals surface area contributed by atoms with Gasteiger partial charge in [0.25, 0.3) is 0 Å². The predicted octanol–water partition coefficient (Wildman–Crippen LogP) is 2.21. The lowest BCUT2D eigenvalue weighted by molar-refractivity contribution is -0.0119. The average molecular weight is 329 g/mol. The highest BCUT2D eigenvalue weighted by Crippen LogP contribution is 2.67. The van der Waals surface area contributed by atoms with Crippen LogP contribution >= 0.6 is 0 Å². The van der Waals surface area contributed by atoms with E-state index in [0.717, 1.165) is 50.3 Å². The molecule has 128 valence electrons. The minimum Gasteiger partial charge on any atom is -0.454 e. The summed E-state index contributed by atoms with van der Waals surface area (Å²) in [7, 11) is 1.84. The molecule has 2 spiro atoms. The summed E-state index contributed by atoms with van der Waals surface area (Å²) in [5.74, 6) is 1.79. The number of benzene rings is 1. The van der Waals surface area contributed by atoms with E-state index < -0.39 is 0 Å². The number of hydrogen-bond donors (Lipinski definition) is 0. The Morgan fingerprint density at radius 1 is 1.21 bits per heavy atom. The molecule has 1 aliphatic carbocycles. The number of ether oxygens (including phenoxy) is 4. The summed E-state index contributed by atoms with van der Waals surface area (Å²) in [4.78, 5) is 2.69. The van der Waals surface area contributed by atoms with Crippen molar-refractivity contribution in [3.63, 3.8) is 0 Å². The lowest BCUT2D eigenvalue weighted by Crippen LogP contribution is -2.55. The van der Waals surface area contributed by atoms with E-state index in [1.165, 1.54) is 17.5 Å². The van der Waals surface area contributed by atoms with Gasteiger partial charge in [0.05, 0.1) is 17.7 Å². The molecule has 0 N–H and O–H groups in total. The lowest BCUT2D eigenvalue weighted by Gasteiger charge is -2.46. The number of epoxide rings is 1. The van der Waals surface area contributed by atoms with Gasteiger partial charge in [-0.3, -0.25) is 4.90 Å². The van der Waals surface area contributed by atoms with Crippen LogP contribution in [0.2, 0.25) is 0 Å². The van der Waals surface area contributed by atoms with E-state index in [2.05, 4.69) is 17.0 Å². The van der Waals surface area contributed by atoms with Crippen LogP contribution in [0.4, 0.5) is 0 Å². The summed E-state index contributed by atoms with van der Waals surface area (Å²) in [5, 5.41) is 0. The van der Waals surface area contributed by atoms with E-state index in [4.69, 9.17) is 18.9 Å². The zero-order valence-electron chi connectivity index (χ0n) is 14.0. The lowest BCUT2D eigenvalue weighted by atomic mass is 9.67. The molecule has 4 atom stereocenters. The Kier molecular flexibility index (Phi) is 2.58. The molecule has 3 fully saturated rings. The highest BCUT2D eigenvalue weighted by Gasteiger charge is 2.77. The van der Waals surface area contributed by atoms with Crippen molar-refractivity contribution in [1.82, 2.24) is 4.90 Å². The Bertz CT molecular complexity index is 722. The van der Waals surface area contributed by atoms with E-state index in [0.29, 0.717) is 12.9 Å². The normalized spacial score (nSPS) is 41.9. The van der Waals surface area contributed by atoms with Crippen molar-refractivity contribution in [3.05, 3.63) is 23.3 Å². The SMILES string of the molecule is COC1CC2OC23CCN2CCCc4cc5c(cc4C23C1)OCO5. The van der Waals surface area contributed by atoms with Gasteiger partial charge in [-0.1, -0.05) is 0 Å². The van der Waals surface area contributed by atoms with E-state index >= 15 is 0 Å². The van der Waals surface area contributed by atoms with E-state index in [9.17, 15) is 0 Å². The molecule has 0 aromatic heterocycles. The molecule has 1 aromatic carbocycles. The second-order valence-corrected chi connectivity index (χ2v) is 7.86. The first-order valence-corrected chi connectivity index (χ1v) is 9.15. The molecule has 4 heterocycles. The van der Waals surface area contributed by atoms with Crippen LogP contribution in [0.1, 0.15) is 36.8 Å². The van der Waals surface area contributed by atoms with Gasteiger partial charge < -0.3 is 18.9 Å². The molecule has 24 heavy (non-hydrogen) atoms. The van der Waals surface area contributed by atoms with E-state index in [-0.39, 0.29) is 17.2 Å². The topological polar surface area (TPSA) is 43.5 Å². The third-order valence-corrected chi connectivity index (χ3v) is 7.06. The Hall–Kier alpha value is -1.30. The zero-order valence-corrected chi connectivity index (χ0v) is 14.0. The van der Waals surface area contributed by atoms with Crippen molar-refractivity contribution in [1.29, 1.82) is 0 Å². The molecule has 0 radical (unpaired) electrons. The third-order valence-electron chi connectivity index (χ3n) is 7.06. The summed E-state index contributed by atoms with van der Waals surface area (Å²) < 4.78 is 23.6. The maximum absolute atomic E-state index is 6.42. The summed E-state index contributed by atoms with van der Waals surface area (Å²) in [6.45, 7) is 2.59. The molecule has 5 aliphatic rings. The number of fused-ring (bicyclic) bond motifs is 2. The van der Waals surface area contributed by atoms with Crippen molar-refractivity contribution in [3.8, 4) is 11.5 Å². The largest absolute Gasteiger partial charge is 0.454 e. The minimum atomic E-state index is -0.0522. The van der Waals surface area contributed by atoms with Gasteiger partial charge in [-0.05, 0) is 55.5 Å². The highest BCUT2D eigenvalue weighted by molar-refractivity contribution is 5.54. The van der Waals surface area contributed by atoms with Gasteiger partial charge in [-0.2, -0.15) is 0 Å². The first-order chi connectivity index (χ1) is 11.8. The molecule has 5 heteroatoms. The van der Waals surface area contributed by atoms with Gasteiger partial charge in [0, 0.05) is 20.1 Å². The third kappa shape index (κ3) is 1.48. The Balaban J connectivity index is 1.59. The Morgan fingerprint density at radius 3 is 2.96 bits per heavy atom. The van der Waals surface area contributed by atoms with Crippen LogP contribution in [-0.4, -0.2) is 49.7 Å². The van der Waals surface area contributed by atoms with Crippen molar-refractivity contribution in [2.45, 2.75) is 55.5 Å². The molecule has 2 saturated heterocycles. The first kappa shape index (κ1) is 13.9. The molecule has 1 aromatic rings. The standard InChI is InChI=1S/C19H23NO4/c1-21-13-8-17-19(24-17)4-6-20-5-2-3-12-7-15-16(23-11-22-15)9-14(12)18(19,20)10-13/h7,9,13,17H,2-6,8,10-11H2,1H3. The molecule has 1 saturated carbocycles. The molecule has 4 aliphatic heterocycles. The van der Waals surface area contributed by atoms with Crippen molar-refractivity contribution < 1.29 is 18.9 Å². The fourth-order valence-corrected chi connectivity index (χ4v) is 5.99. The van der Waals surface area contributed by atoms with Crippen LogP contribution in [0.25, 0.3) is 0 Å². The summed E-state index contributed by atoms with van der Waals surface area (Å²) in [5.41, 5.74) is 2.76. The number of aryl methyl sites for hydroxylation is 1. The maximum atomic E-state index is 6.42. The summed E-state index contributed by atoms with van der Waals surface area (Å²) >= 11 is 0. The molecule has 0 bridgehead atoms. The van der Waals surface area contributed by atoms with E-state index in [1.807, 2.05) is 7.11 Å². The smallest absolute Gasteiger partial charge is 0.231 e. The maximum Gasteiger partial charge on any atom is 0.231 e. The van der Waals surface area contributed by atoms with Crippen LogP contribution in [0.3, 0.4) is 0 Å². The number of methoxy groups -OCH3 is 1. The van der Waals surface area contributed by atoms with Crippen molar-refractivity contribution in [2.24, 2.45) is 0 Å². The molecular weight excluding hydrogens is 306 g/mol. The minimum absolute atomic E-state index is 0.00514. The van der Waals surface area contributed by atoms with Crippen molar-refractivity contribution in [2.75, 3.05) is 27.0 Å². The van der Waals surface area contributed by atoms with Crippen LogP contribution < -0.4 is 9.47 Å². The molecule has 0 amide bonds. The second kappa shape index (κ2) is 4.45.